The molecule has 6 nitrogen and oxygen atoms in total. The van der Waals surface area contributed by atoms with Crippen LogP contribution in [0.1, 0.15) is 19.4 Å². The van der Waals surface area contributed by atoms with Crippen LogP contribution >= 0.6 is 0 Å². The van der Waals surface area contributed by atoms with Crippen LogP contribution in [0.4, 0.5) is 0 Å². The molecule has 0 aliphatic heterocycles. The third kappa shape index (κ3) is 3.07. The third-order valence-electron chi connectivity index (χ3n) is 3.80. The molecule has 0 amide bonds. The molecule has 0 bridgehead atoms. The average molecular weight is 360 g/mol. The molecule has 0 N–H and O–H groups in total. The van der Waals surface area contributed by atoms with E-state index in [9.17, 15) is 8.42 Å². The average Bonchev–Trinajstić information content (AvgIpc) is 3.02. The molecule has 132 valence electrons. The van der Waals surface area contributed by atoms with Crippen LogP contribution in [-0.2, 0) is 10.0 Å². The monoisotopic (exact) mass is 360 g/mol. The van der Waals surface area contributed by atoms with Gasteiger partial charge in [0, 0.05) is 6.07 Å². The lowest BCUT2D eigenvalue weighted by molar-refractivity contribution is 0.320. The fourth-order valence-electron chi connectivity index (χ4n) is 2.66. The highest BCUT2D eigenvalue weighted by molar-refractivity contribution is 7.90. The van der Waals surface area contributed by atoms with E-state index in [0.29, 0.717) is 35.7 Å². The fraction of sp³-hybridized carbons (Fsp3) is 0.278. The number of para-hydroxylation sites is 2. The molecule has 0 atom stereocenters. The van der Waals surface area contributed by atoms with Gasteiger partial charge in [0.05, 0.1) is 24.2 Å². The molecule has 0 aliphatic carbocycles. The Morgan fingerprint density at radius 1 is 1.04 bits per heavy atom. The van der Waals surface area contributed by atoms with Gasteiger partial charge in [-0.3, -0.25) is 0 Å². The highest BCUT2D eigenvalue weighted by atomic mass is 32.2. The predicted octanol–water partition coefficient (Wildman–Crippen LogP) is 3.38. The second-order valence-electron chi connectivity index (χ2n) is 5.46. The lowest BCUT2D eigenvalue weighted by atomic mass is 10.2. The molecule has 25 heavy (non-hydrogen) atoms. The van der Waals surface area contributed by atoms with Crippen molar-refractivity contribution in [2.75, 3.05) is 13.2 Å². The molecular formula is C18H20N2O4S. The van der Waals surface area contributed by atoms with Crippen LogP contribution < -0.4 is 9.47 Å². The maximum atomic E-state index is 13.3. The van der Waals surface area contributed by atoms with E-state index in [0.717, 1.165) is 5.56 Å². The zero-order valence-corrected chi connectivity index (χ0v) is 15.2. The molecule has 3 rings (SSSR count). The van der Waals surface area contributed by atoms with Gasteiger partial charge in [-0.2, -0.15) is 0 Å². The van der Waals surface area contributed by atoms with Crippen molar-refractivity contribution in [2.45, 2.75) is 25.7 Å². The largest absolute Gasteiger partial charge is 0.494 e. The number of ether oxygens (including phenoxy) is 2. The zero-order valence-electron chi connectivity index (χ0n) is 14.4. The van der Waals surface area contributed by atoms with E-state index in [-0.39, 0.29) is 4.90 Å². The SMILES string of the molecule is CCOc1cc(S(=O)(=O)n2cnc3ccccc32)c(OCC)cc1C. The summed E-state index contributed by atoms with van der Waals surface area (Å²) in [5.41, 5.74) is 1.95. The summed E-state index contributed by atoms with van der Waals surface area (Å²) in [6.07, 6.45) is 1.32. The first-order valence-electron chi connectivity index (χ1n) is 8.07. The first kappa shape index (κ1) is 17.3. The summed E-state index contributed by atoms with van der Waals surface area (Å²) in [4.78, 5) is 4.24. The van der Waals surface area contributed by atoms with E-state index < -0.39 is 10.0 Å². The second kappa shape index (κ2) is 6.76. The van der Waals surface area contributed by atoms with Gasteiger partial charge in [-0.1, -0.05) is 12.1 Å². The number of aromatic nitrogens is 2. The molecule has 0 saturated heterocycles. The lowest BCUT2D eigenvalue weighted by Crippen LogP contribution is -2.14. The normalized spacial score (nSPS) is 11.6. The van der Waals surface area contributed by atoms with Crippen molar-refractivity contribution in [2.24, 2.45) is 0 Å². The predicted molar refractivity (Wildman–Crippen MR) is 95.8 cm³/mol. The first-order chi connectivity index (χ1) is 12.0. The quantitative estimate of drug-likeness (QED) is 0.674. The standard InChI is InChI=1S/C18H20N2O4S/c1-4-23-16-11-18(17(24-5-2)10-13(16)3)25(21,22)20-12-19-14-8-6-7-9-15(14)20/h6-12H,4-5H2,1-3H3. The molecule has 2 aromatic carbocycles. The molecule has 0 unspecified atom stereocenters. The van der Waals surface area contributed by atoms with Crippen LogP contribution in [0.15, 0.2) is 47.6 Å². The highest BCUT2D eigenvalue weighted by Crippen LogP contribution is 2.34. The summed E-state index contributed by atoms with van der Waals surface area (Å²) < 4.78 is 38.8. The van der Waals surface area contributed by atoms with Crippen LogP contribution in [0, 0.1) is 6.92 Å². The number of hydrogen-bond acceptors (Lipinski definition) is 5. The van der Waals surface area contributed by atoms with Crippen molar-refractivity contribution in [3.05, 3.63) is 48.3 Å². The summed E-state index contributed by atoms with van der Waals surface area (Å²) in [5.74, 6) is 0.829. The first-order valence-corrected chi connectivity index (χ1v) is 9.51. The molecule has 0 fully saturated rings. The minimum absolute atomic E-state index is 0.0616. The van der Waals surface area contributed by atoms with E-state index in [2.05, 4.69) is 4.98 Å². The molecule has 0 aliphatic rings. The van der Waals surface area contributed by atoms with E-state index >= 15 is 0 Å². The van der Waals surface area contributed by atoms with Crippen molar-refractivity contribution < 1.29 is 17.9 Å². The molecular weight excluding hydrogens is 340 g/mol. The van der Waals surface area contributed by atoms with Gasteiger partial charge in [0.1, 0.15) is 22.7 Å². The van der Waals surface area contributed by atoms with Gasteiger partial charge < -0.3 is 9.47 Å². The molecule has 7 heteroatoms. The number of nitrogens with zero attached hydrogens (tertiary/aromatic N) is 2. The summed E-state index contributed by atoms with van der Waals surface area (Å²) in [6, 6.07) is 10.3. The maximum absolute atomic E-state index is 13.3. The van der Waals surface area contributed by atoms with Crippen molar-refractivity contribution >= 4 is 21.1 Å². The van der Waals surface area contributed by atoms with Crippen LogP contribution in [-0.4, -0.2) is 30.6 Å². The van der Waals surface area contributed by atoms with Crippen molar-refractivity contribution in [3.63, 3.8) is 0 Å². The van der Waals surface area contributed by atoms with E-state index in [1.807, 2.05) is 26.8 Å². The molecule has 0 spiro atoms. The van der Waals surface area contributed by atoms with E-state index in [1.165, 1.54) is 16.4 Å². The Bertz CT molecular complexity index is 1010. The van der Waals surface area contributed by atoms with Crippen LogP contribution in [0.25, 0.3) is 11.0 Å². The molecule has 1 heterocycles. The van der Waals surface area contributed by atoms with Crippen LogP contribution in [0.2, 0.25) is 0 Å². The van der Waals surface area contributed by atoms with Crippen molar-refractivity contribution in [1.29, 1.82) is 0 Å². The highest BCUT2D eigenvalue weighted by Gasteiger charge is 2.25. The zero-order chi connectivity index (χ0) is 18.0. The number of rotatable bonds is 6. The smallest absolute Gasteiger partial charge is 0.273 e. The van der Waals surface area contributed by atoms with Gasteiger partial charge in [-0.15, -0.1) is 0 Å². The lowest BCUT2D eigenvalue weighted by Gasteiger charge is -2.16. The second-order valence-corrected chi connectivity index (χ2v) is 7.25. The Morgan fingerprint density at radius 3 is 2.44 bits per heavy atom. The number of hydrogen-bond donors (Lipinski definition) is 0. The molecule has 0 radical (unpaired) electrons. The summed E-state index contributed by atoms with van der Waals surface area (Å²) in [7, 11) is -3.88. The van der Waals surface area contributed by atoms with Gasteiger partial charge in [-0.05, 0) is 44.5 Å². The van der Waals surface area contributed by atoms with Crippen LogP contribution in [0.3, 0.4) is 0 Å². The van der Waals surface area contributed by atoms with Gasteiger partial charge in [0.25, 0.3) is 10.0 Å². The van der Waals surface area contributed by atoms with Crippen molar-refractivity contribution in [1.82, 2.24) is 8.96 Å². The van der Waals surface area contributed by atoms with Gasteiger partial charge in [-0.25, -0.2) is 17.4 Å². The Hall–Kier alpha value is -2.54. The number of imidazole rings is 1. The van der Waals surface area contributed by atoms with E-state index in [1.54, 1.807) is 24.3 Å². The molecule has 1 aromatic heterocycles. The number of benzene rings is 2. The topological polar surface area (TPSA) is 70.4 Å². The molecule has 3 aromatic rings. The van der Waals surface area contributed by atoms with Gasteiger partial charge >= 0.3 is 0 Å². The Balaban J connectivity index is 2.23. The van der Waals surface area contributed by atoms with Crippen molar-refractivity contribution in [3.8, 4) is 11.5 Å². The Kier molecular flexibility index (Phi) is 4.67. The van der Waals surface area contributed by atoms with Crippen LogP contribution in [0.5, 0.6) is 11.5 Å². The third-order valence-corrected chi connectivity index (χ3v) is 5.48. The number of aryl methyl sites for hydroxylation is 1. The van der Waals surface area contributed by atoms with Gasteiger partial charge in [0.15, 0.2) is 0 Å². The number of fused-ring (bicyclic) bond motifs is 1. The summed E-state index contributed by atoms with van der Waals surface area (Å²) in [5, 5.41) is 0. The Labute approximate surface area is 147 Å². The minimum Gasteiger partial charge on any atom is -0.494 e. The van der Waals surface area contributed by atoms with E-state index in [4.69, 9.17) is 9.47 Å². The van der Waals surface area contributed by atoms with Gasteiger partial charge in [0.2, 0.25) is 0 Å². The fourth-order valence-corrected chi connectivity index (χ4v) is 4.08. The summed E-state index contributed by atoms with van der Waals surface area (Å²) >= 11 is 0. The summed E-state index contributed by atoms with van der Waals surface area (Å²) in [6.45, 7) is 6.34. The maximum Gasteiger partial charge on any atom is 0.273 e. The minimum atomic E-state index is -3.88. The molecule has 0 saturated carbocycles. The Morgan fingerprint density at radius 2 is 1.72 bits per heavy atom.